The van der Waals surface area contributed by atoms with Crippen molar-refractivity contribution in [3.8, 4) is 5.75 Å². The van der Waals surface area contributed by atoms with Crippen molar-refractivity contribution in [1.82, 2.24) is 0 Å². The molecular weight excluding hydrogens is 773 g/mol. The van der Waals surface area contributed by atoms with Gasteiger partial charge in [0.15, 0.2) is 23.3 Å². The van der Waals surface area contributed by atoms with E-state index in [4.69, 9.17) is 27.9 Å². The summed E-state index contributed by atoms with van der Waals surface area (Å²) in [5, 5.41) is 9.54. The average Bonchev–Trinajstić information content (AvgIpc) is 3.98. The molecule has 9 nitrogen and oxygen atoms in total. The number of nitrogens with one attached hydrogen (secondary N) is 1. The number of rotatable bonds is 16. The van der Waals surface area contributed by atoms with Crippen LogP contribution in [0.5, 0.6) is 5.75 Å². The van der Waals surface area contributed by atoms with Gasteiger partial charge in [-0.3, -0.25) is 9.52 Å². The summed E-state index contributed by atoms with van der Waals surface area (Å²) in [6.07, 6.45) is 1.24. The van der Waals surface area contributed by atoms with Crippen LogP contribution in [0.1, 0.15) is 72.1 Å². The number of hydrogen-bond acceptors (Lipinski definition) is 6. The van der Waals surface area contributed by atoms with Crippen LogP contribution in [-0.4, -0.2) is 50.9 Å². The van der Waals surface area contributed by atoms with Crippen LogP contribution in [0.15, 0.2) is 54.6 Å². The Morgan fingerprint density at radius 2 is 1.61 bits per heavy atom. The van der Waals surface area contributed by atoms with Gasteiger partial charge < -0.3 is 19.6 Å². The molecule has 0 heterocycles. The van der Waals surface area contributed by atoms with Crippen molar-refractivity contribution in [1.29, 1.82) is 0 Å². The summed E-state index contributed by atoms with van der Waals surface area (Å²) in [5.74, 6) is -11.9. The highest BCUT2D eigenvalue weighted by Crippen LogP contribution is 2.42. The van der Waals surface area contributed by atoms with Crippen LogP contribution in [0, 0.1) is 23.3 Å². The Hall–Kier alpha value is -4.53. The topological polar surface area (TPSA) is 116 Å². The standard InChI is InChI=1S/C38H37Cl2F4N3O6S/c1-4-46(5-2)26-15-21(14-25(16-26)22-10-11-22)19-47(29-13-12-24(38(49)50)18-30(29)53-6-3)31(48)20-54(51,52)45-37-27(33(41)34(42)35(43)36(37)44)17-23-8-7-9-28(39)32(23)40/h7-9,12-16,18,22,45H,4-6,10-11,17,19-20H2,1-3H3,(H,49,50). The molecule has 0 radical (unpaired) electrons. The van der Waals surface area contributed by atoms with Crippen molar-refractivity contribution >= 4 is 62.2 Å². The number of hydrogen-bond donors (Lipinski definition) is 2. The number of benzene rings is 4. The number of carbonyl (C=O) groups is 2. The lowest BCUT2D eigenvalue weighted by Gasteiger charge is -2.27. The molecule has 0 unspecified atom stereocenters. The number of ether oxygens (including phenoxy) is 1. The summed E-state index contributed by atoms with van der Waals surface area (Å²) < 4.78 is 94.5. The minimum Gasteiger partial charge on any atom is -0.492 e. The SMILES string of the molecule is CCOc1cc(C(=O)O)ccc1N(Cc1cc(C2CC2)cc(N(CC)CC)c1)C(=O)CS(=O)(=O)Nc1c(F)c(F)c(F)c(F)c1Cc1cccc(Cl)c1Cl. The van der Waals surface area contributed by atoms with Crippen LogP contribution >= 0.6 is 23.2 Å². The average molecular weight is 811 g/mol. The van der Waals surface area contributed by atoms with Gasteiger partial charge in [0, 0.05) is 30.8 Å². The lowest BCUT2D eigenvalue weighted by atomic mass is 10.0. The third-order valence-corrected chi connectivity index (χ3v) is 11.0. The molecule has 1 saturated carbocycles. The van der Waals surface area contributed by atoms with Crippen LogP contribution in [0.4, 0.5) is 34.6 Å². The van der Waals surface area contributed by atoms with E-state index in [1.807, 2.05) is 26.0 Å². The van der Waals surface area contributed by atoms with Gasteiger partial charge in [-0.25, -0.2) is 30.8 Å². The number of amides is 1. The molecular formula is C38H37Cl2F4N3O6S. The van der Waals surface area contributed by atoms with E-state index >= 15 is 8.78 Å². The van der Waals surface area contributed by atoms with Crippen LogP contribution in [0.25, 0.3) is 0 Å². The third kappa shape index (κ3) is 9.04. The minimum atomic E-state index is -5.01. The van der Waals surface area contributed by atoms with Crippen LogP contribution in [-0.2, 0) is 27.8 Å². The highest BCUT2D eigenvalue weighted by atomic mass is 35.5. The smallest absolute Gasteiger partial charge is 0.335 e. The van der Waals surface area contributed by atoms with Crippen molar-refractivity contribution < 1.29 is 45.4 Å². The maximum atomic E-state index is 15.3. The Morgan fingerprint density at radius 1 is 0.926 bits per heavy atom. The lowest BCUT2D eigenvalue weighted by Crippen LogP contribution is -2.37. The minimum absolute atomic E-state index is 0.0140. The second kappa shape index (κ2) is 16.9. The molecule has 0 saturated heterocycles. The number of carboxylic acid groups (broad SMARTS) is 1. The summed E-state index contributed by atoms with van der Waals surface area (Å²) in [4.78, 5) is 29.2. The number of aromatic carboxylic acids is 1. The largest absolute Gasteiger partial charge is 0.492 e. The third-order valence-electron chi connectivity index (χ3n) is 8.95. The van der Waals surface area contributed by atoms with Crippen molar-refractivity contribution in [2.75, 3.05) is 40.0 Å². The summed E-state index contributed by atoms with van der Waals surface area (Å²) in [7, 11) is -5.01. The second-order valence-corrected chi connectivity index (χ2v) is 15.1. The molecule has 54 heavy (non-hydrogen) atoms. The first-order valence-electron chi connectivity index (χ1n) is 17.1. The summed E-state index contributed by atoms with van der Waals surface area (Å²) >= 11 is 12.2. The Balaban J connectivity index is 1.57. The molecule has 0 spiro atoms. The first kappa shape index (κ1) is 40.7. The number of carbonyl (C=O) groups excluding carboxylic acids is 1. The predicted molar refractivity (Wildman–Crippen MR) is 201 cm³/mol. The maximum absolute atomic E-state index is 15.3. The van der Waals surface area contributed by atoms with Gasteiger partial charge in [-0.05, 0) is 92.6 Å². The van der Waals surface area contributed by atoms with E-state index in [0.717, 1.165) is 29.0 Å². The van der Waals surface area contributed by atoms with Crippen molar-refractivity contribution in [2.45, 2.75) is 52.5 Å². The van der Waals surface area contributed by atoms with E-state index in [1.54, 1.807) is 11.6 Å². The number of nitrogens with zero attached hydrogens (tertiary/aromatic N) is 2. The molecule has 0 aromatic heterocycles. The maximum Gasteiger partial charge on any atom is 0.335 e. The number of anilines is 3. The number of halogens is 6. The van der Waals surface area contributed by atoms with Gasteiger partial charge >= 0.3 is 5.97 Å². The fourth-order valence-electron chi connectivity index (χ4n) is 6.10. The highest BCUT2D eigenvalue weighted by Gasteiger charge is 2.32. The van der Waals surface area contributed by atoms with E-state index in [0.29, 0.717) is 24.6 Å². The lowest BCUT2D eigenvalue weighted by molar-refractivity contribution is -0.116. The zero-order valence-electron chi connectivity index (χ0n) is 29.5. The Bertz CT molecular complexity index is 2200. The van der Waals surface area contributed by atoms with Crippen LogP contribution in [0.2, 0.25) is 10.0 Å². The van der Waals surface area contributed by atoms with Gasteiger partial charge in [-0.2, -0.15) is 0 Å². The highest BCUT2D eigenvalue weighted by molar-refractivity contribution is 7.93. The van der Waals surface area contributed by atoms with Gasteiger partial charge in [-0.1, -0.05) is 41.4 Å². The zero-order valence-corrected chi connectivity index (χ0v) is 31.8. The van der Waals surface area contributed by atoms with Gasteiger partial charge in [0.25, 0.3) is 0 Å². The molecule has 0 aliphatic heterocycles. The fraction of sp³-hybridized carbons (Fsp3) is 0.316. The molecule has 16 heteroatoms. The molecule has 1 aliphatic carbocycles. The molecule has 1 amide bonds. The fourth-order valence-corrected chi connectivity index (χ4v) is 7.57. The van der Waals surface area contributed by atoms with Crippen molar-refractivity contribution in [3.63, 3.8) is 0 Å². The van der Waals surface area contributed by atoms with Gasteiger partial charge in [0.2, 0.25) is 15.9 Å². The number of sulfonamides is 1. The first-order valence-corrected chi connectivity index (χ1v) is 19.5. The molecule has 5 rings (SSSR count). The Morgan fingerprint density at radius 3 is 2.24 bits per heavy atom. The van der Waals surface area contributed by atoms with Gasteiger partial charge in [-0.15, -0.1) is 0 Å². The van der Waals surface area contributed by atoms with E-state index in [9.17, 15) is 31.9 Å². The molecule has 1 fully saturated rings. The van der Waals surface area contributed by atoms with Crippen molar-refractivity contribution in [3.05, 3.63) is 116 Å². The monoisotopic (exact) mass is 809 g/mol. The van der Waals surface area contributed by atoms with E-state index in [-0.39, 0.29) is 45.8 Å². The van der Waals surface area contributed by atoms with E-state index in [1.165, 1.54) is 36.4 Å². The number of carboxylic acids is 1. The quantitative estimate of drug-likeness (QED) is 0.0660. The molecule has 288 valence electrons. The van der Waals surface area contributed by atoms with Crippen LogP contribution < -0.4 is 19.3 Å². The summed E-state index contributed by atoms with van der Waals surface area (Å²) in [6.45, 7) is 6.86. The molecule has 1 aliphatic rings. The summed E-state index contributed by atoms with van der Waals surface area (Å²) in [5.41, 5.74) is 0.272. The van der Waals surface area contributed by atoms with E-state index in [2.05, 4.69) is 11.0 Å². The van der Waals surface area contributed by atoms with Gasteiger partial charge in [0.1, 0.15) is 11.5 Å². The Labute approximate surface area is 320 Å². The second-order valence-electron chi connectivity index (χ2n) is 12.6. The van der Waals surface area contributed by atoms with Crippen molar-refractivity contribution in [2.24, 2.45) is 0 Å². The molecule has 0 atom stereocenters. The normalized spacial score (nSPS) is 12.8. The molecule has 0 bridgehead atoms. The summed E-state index contributed by atoms with van der Waals surface area (Å²) in [6, 6.07) is 13.7. The molecule has 4 aromatic rings. The molecule has 2 N–H and O–H groups in total. The van der Waals surface area contributed by atoms with Crippen LogP contribution in [0.3, 0.4) is 0 Å². The Kier molecular flexibility index (Phi) is 12.7. The molecule has 4 aromatic carbocycles. The zero-order chi connectivity index (χ0) is 39.5. The van der Waals surface area contributed by atoms with Gasteiger partial charge in [0.05, 0.1) is 40.1 Å². The predicted octanol–water partition coefficient (Wildman–Crippen LogP) is 8.94. The van der Waals surface area contributed by atoms with E-state index < -0.39 is 68.6 Å². The first-order chi connectivity index (χ1) is 25.6.